The standard InChI is InChI=1S/C20H20N4OS2/c1-13(18-22-23-19(25-18)17-7-4-12-26-17)24-10-8-14(9-11-24)20-21-15-5-2-3-6-16(15)27-20/h2-7,12-14H,8-11H2,1H3/p+1/t13-/m0/s1. The maximum atomic E-state index is 5.95. The molecule has 0 spiro atoms. The van der Waals surface area contributed by atoms with Crippen LogP contribution >= 0.6 is 22.7 Å². The van der Waals surface area contributed by atoms with E-state index in [4.69, 9.17) is 9.40 Å². The molecule has 0 amide bonds. The first kappa shape index (κ1) is 17.0. The monoisotopic (exact) mass is 397 g/mol. The highest BCUT2D eigenvalue weighted by atomic mass is 32.1. The molecule has 1 N–H and O–H groups in total. The maximum absolute atomic E-state index is 5.95. The van der Waals surface area contributed by atoms with Gasteiger partial charge in [-0.15, -0.1) is 32.9 Å². The Balaban J connectivity index is 1.26. The minimum atomic E-state index is 0.225. The zero-order valence-electron chi connectivity index (χ0n) is 15.1. The summed E-state index contributed by atoms with van der Waals surface area (Å²) in [6.07, 6.45) is 2.32. The van der Waals surface area contributed by atoms with Crippen LogP contribution in [0.4, 0.5) is 0 Å². The van der Waals surface area contributed by atoms with Gasteiger partial charge in [-0.3, -0.25) is 0 Å². The van der Waals surface area contributed by atoms with Gasteiger partial charge in [-0.2, -0.15) is 0 Å². The van der Waals surface area contributed by atoms with E-state index in [9.17, 15) is 0 Å². The smallest absolute Gasteiger partial charge is 0.274 e. The van der Waals surface area contributed by atoms with Crippen molar-refractivity contribution in [3.8, 4) is 10.8 Å². The number of hydrogen-bond acceptors (Lipinski definition) is 6. The maximum Gasteiger partial charge on any atom is 0.274 e. The lowest BCUT2D eigenvalue weighted by Crippen LogP contribution is -3.13. The summed E-state index contributed by atoms with van der Waals surface area (Å²) in [5.41, 5.74) is 1.13. The van der Waals surface area contributed by atoms with Crippen LogP contribution in [0.1, 0.15) is 42.6 Å². The quantitative estimate of drug-likeness (QED) is 0.567. The van der Waals surface area contributed by atoms with Crippen molar-refractivity contribution in [2.24, 2.45) is 0 Å². The van der Waals surface area contributed by atoms with Crippen molar-refractivity contribution >= 4 is 32.9 Å². The average Bonchev–Trinajstić information content (AvgIpc) is 3.47. The number of likely N-dealkylation sites (tertiary alicyclic amines) is 1. The van der Waals surface area contributed by atoms with Gasteiger partial charge in [0, 0.05) is 18.8 Å². The minimum absolute atomic E-state index is 0.225. The van der Waals surface area contributed by atoms with E-state index in [2.05, 4.69) is 41.4 Å². The van der Waals surface area contributed by atoms with Gasteiger partial charge in [0.05, 0.1) is 33.2 Å². The average molecular weight is 398 g/mol. The second-order valence-electron chi connectivity index (χ2n) is 7.10. The molecule has 138 valence electrons. The van der Waals surface area contributed by atoms with Crippen molar-refractivity contribution in [2.75, 3.05) is 13.1 Å². The molecular formula is C20H21N4OS2+. The molecule has 1 atom stereocenters. The molecule has 1 aliphatic rings. The van der Waals surface area contributed by atoms with E-state index in [1.54, 1.807) is 11.3 Å². The Morgan fingerprint density at radius 1 is 1.11 bits per heavy atom. The third-order valence-electron chi connectivity index (χ3n) is 5.44. The summed E-state index contributed by atoms with van der Waals surface area (Å²) in [6.45, 7) is 4.41. The fraction of sp³-hybridized carbons (Fsp3) is 0.350. The number of thiazole rings is 1. The Bertz CT molecular complexity index is 998. The minimum Gasteiger partial charge on any atom is -0.414 e. The van der Waals surface area contributed by atoms with Crippen LogP contribution in [0, 0.1) is 0 Å². The molecule has 3 aromatic heterocycles. The van der Waals surface area contributed by atoms with Gasteiger partial charge >= 0.3 is 0 Å². The van der Waals surface area contributed by atoms with E-state index in [-0.39, 0.29) is 6.04 Å². The summed E-state index contributed by atoms with van der Waals surface area (Å²) in [4.78, 5) is 7.42. The van der Waals surface area contributed by atoms with Crippen LogP contribution in [0.2, 0.25) is 0 Å². The Labute approximate surface area is 165 Å². The lowest BCUT2D eigenvalue weighted by Gasteiger charge is -2.31. The molecule has 5 nitrogen and oxygen atoms in total. The predicted molar refractivity (Wildman–Crippen MR) is 108 cm³/mol. The van der Waals surface area contributed by atoms with Crippen LogP contribution in [0.3, 0.4) is 0 Å². The van der Waals surface area contributed by atoms with Crippen molar-refractivity contribution in [3.05, 3.63) is 52.7 Å². The van der Waals surface area contributed by atoms with Gasteiger partial charge in [0.25, 0.3) is 11.8 Å². The molecule has 5 rings (SSSR count). The Morgan fingerprint density at radius 2 is 1.96 bits per heavy atom. The number of para-hydroxylation sites is 1. The zero-order chi connectivity index (χ0) is 18.2. The van der Waals surface area contributed by atoms with Crippen molar-refractivity contribution in [1.82, 2.24) is 15.2 Å². The number of rotatable bonds is 4. The van der Waals surface area contributed by atoms with Crippen LogP contribution in [0.15, 0.2) is 46.2 Å². The number of nitrogens with one attached hydrogen (secondary N) is 1. The normalized spacial score (nSPS) is 21.5. The van der Waals surface area contributed by atoms with Crippen LogP contribution in [-0.4, -0.2) is 28.3 Å². The summed E-state index contributed by atoms with van der Waals surface area (Å²) in [7, 11) is 0. The first-order valence-corrected chi connectivity index (χ1v) is 11.0. The van der Waals surface area contributed by atoms with Gasteiger partial charge < -0.3 is 9.32 Å². The molecule has 1 aliphatic heterocycles. The highest BCUT2D eigenvalue weighted by Gasteiger charge is 2.32. The Morgan fingerprint density at radius 3 is 2.74 bits per heavy atom. The van der Waals surface area contributed by atoms with Crippen LogP contribution in [0.5, 0.6) is 0 Å². The summed E-state index contributed by atoms with van der Waals surface area (Å²) >= 11 is 3.48. The van der Waals surface area contributed by atoms with Crippen LogP contribution < -0.4 is 4.90 Å². The second kappa shape index (κ2) is 7.14. The fourth-order valence-corrected chi connectivity index (χ4v) is 5.60. The van der Waals surface area contributed by atoms with Gasteiger partial charge in [-0.05, 0) is 30.5 Å². The Kier molecular flexibility index (Phi) is 4.51. The fourth-order valence-electron chi connectivity index (χ4n) is 3.82. The Hall–Kier alpha value is -2.09. The lowest BCUT2D eigenvalue weighted by molar-refractivity contribution is -0.936. The molecule has 0 saturated carbocycles. The zero-order valence-corrected chi connectivity index (χ0v) is 16.7. The predicted octanol–water partition coefficient (Wildman–Crippen LogP) is 3.93. The van der Waals surface area contributed by atoms with E-state index in [0.717, 1.165) is 42.2 Å². The molecule has 0 bridgehead atoms. The molecule has 1 saturated heterocycles. The van der Waals surface area contributed by atoms with Crippen molar-refractivity contribution in [2.45, 2.75) is 31.7 Å². The van der Waals surface area contributed by atoms with E-state index in [1.807, 2.05) is 28.8 Å². The molecule has 27 heavy (non-hydrogen) atoms. The van der Waals surface area contributed by atoms with Gasteiger partial charge in [0.1, 0.15) is 0 Å². The highest BCUT2D eigenvalue weighted by Crippen LogP contribution is 2.32. The van der Waals surface area contributed by atoms with E-state index < -0.39 is 0 Å². The highest BCUT2D eigenvalue weighted by molar-refractivity contribution is 7.18. The third kappa shape index (κ3) is 3.31. The molecule has 1 fully saturated rings. The number of aromatic nitrogens is 3. The second-order valence-corrected chi connectivity index (χ2v) is 9.11. The number of nitrogens with zero attached hydrogens (tertiary/aromatic N) is 3. The lowest BCUT2D eigenvalue weighted by atomic mass is 9.96. The molecule has 0 aliphatic carbocycles. The molecule has 7 heteroatoms. The summed E-state index contributed by atoms with van der Waals surface area (Å²) < 4.78 is 7.25. The van der Waals surface area contributed by atoms with Gasteiger partial charge in [0.2, 0.25) is 0 Å². The summed E-state index contributed by atoms with van der Waals surface area (Å²) in [5, 5.41) is 11.9. The molecule has 1 aromatic carbocycles. The molecule has 0 unspecified atom stereocenters. The number of quaternary nitrogens is 1. The summed E-state index contributed by atoms with van der Waals surface area (Å²) in [5.74, 6) is 1.95. The number of piperidine rings is 1. The van der Waals surface area contributed by atoms with Crippen LogP contribution in [0.25, 0.3) is 21.0 Å². The molecule has 4 heterocycles. The van der Waals surface area contributed by atoms with Crippen molar-refractivity contribution < 1.29 is 9.32 Å². The van der Waals surface area contributed by atoms with Crippen LogP contribution in [-0.2, 0) is 0 Å². The topological polar surface area (TPSA) is 56.2 Å². The van der Waals surface area contributed by atoms with Gasteiger partial charge in [0.15, 0.2) is 6.04 Å². The largest absolute Gasteiger partial charge is 0.414 e. The number of fused-ring (bicyclic) bond motifs is 1. The number of benzene rings is 1. The van der Waals surface area contributed by atoms with Gasteiger partial charge in [-0.25, -0.2) is 4.98 Å². The van der Waals surface area contributed by atoms with E-state index >= 15 is 0 Å². The number of thiophene rings is 1. The molecule has 4 aromatic rings. The van der Waals surface area contributed by atoms with Crippen molar-refractivity contribution in [3.63, 3.8) is 0 Å². The van der Waals surface area contributed by atoms with E-state index in [1.165, 1.54) is 14.6 Å². The van der Waals surface area contributed by atoms with Crippen molar-refractivity contribution in [1.29, 1.82) is 0 Å². The molecular weight excluding hydrogens is 376 g/mol. The molecule has 0 radical (unpaired) electrons. The van der Waals surface area contributed by atoms with Gasteiger partial charge in [-0.1, -0.05) is 18.2 Å². The first-order chi connectivity index (χ1) is 13.3. The summed E-state index contributed by atoms with van der Waals surface area (Å²) in [6, 6.07) is 12.7. The SMILES string of the molecule is C[C@@H](c1nnc(-c2cccs2)o1)[NH+]1CCC(c2nc3ccccc3s2)CC1. The third-order valence-corrected chi connectivity index (χ3v) is 7.50. The first-order valence-electron chi connectivity index (χ1n) is 9.35. The number of hydrogen-bond donors (Lipinski definition) is 1. The van der Waals surface area contributed by atoms with E-state index in [0.29, 0.717) is 11.8 Å².